The molecule has 1 heterocycles. The second-order valence-electron chi connectivity index (χ2n) is 9.74. The number of aryl methyl sites for hydroxylation is 4. The van der Waals surface area contributed by atoms with Crippen molar-refractivity contribution in [3.63, 3.8) is 0 Å². The average Bonchev–Trinajstić information content (AvgIpc) is 2.90. The molecule has 6 heteroatoms. The van der Waals surface area contributed by atoms with Crippen molar-refractivity contribution < 1.29 is 9.53 Å². The van der Waals surface area contributed by atoms with Gasteiger partial charge in [-0.05, 0) is 51.5 Å². The summed E-state index contributed by atoms with van der Waals surface area (Å²) in [6.45, 7) is 8.37. The monoisotopic (exact) mass is 501 g/mol. The molecule has 0 atom stereocenters. The first-order chi connectivity index (χ1) is 18.4. The zero-order valence-electron chi connectivity index (χ0n) is 21.8. The highest BCUT2D eigenvalue weighted by atomic mass is 16.5. The Balaban J connectivity index is 1.71. The molecule has 0 saturated carbocycles. The topological polar surface area (TPSA) is 73.2 Å². The summed E-state index contributed by atoms with van der Waals surface area (Å²) < 4.78 is 8.01. The molecule has 0 bridgehead atoms. The van der Waals surface area contributed by atoms with Crippen LogP contribution in [0, 0.1) is 20.8 Å². The van der Waals surface area contributed by atoms with Crippen molar-refractivity contribution in [1.82, 2.24) is 9.55 Å². The molecule has 6 nitrogen and oxygen atoms in total. The van der Waals surface area contributed by atoms with E-state index >= 15 is 0 Å². The zero-order valence-corrected chi connectivity index (χ0v) is 21.8. The molecule has 1 aromatic heterocycles. The molecule has 0 unspecified atom stereocenters. The van der Waals surface area contributed by atoms with Gasteiger partial charge in [0.1, 0.15) is 5.75 Å². The third-order valence-electron chi connectivity index (χ3n) is 7.08. The van der Waals surface area contributed by atoms with Crippen molar-refractivity contribution in [3.8, 4) is 22.8 Å². The van der Waals surface area contributed by atoms with Gasteiger partial charge in [0, 0.05) is 34.8 Å². The Morgan fingerprint density at radius 2 is 1.55 bits per heavy atom. The summed E-state index contributed by atoms with van der Waals surface area (Å²) in [5.74, 6) is 1.00. The third kappa shape index (κ3) is 3.77. The highest BCUT2D eigenvalue weighted by molar-refractivity contribution is 6.28. The number of hydrogen-bond acceptors (Lipinski definition) is 5. The number of rotatable bonds is 5. The van der Waals surface area contributed by atoms with E-state index in [-0.39, 0.29) is 11.5 Å². The van der Waals surface area contributed by atoms with E-state index in [1.165, 1.54) is 0 Å². The SMILES string of the molecule is CCn1c(=O)nc2c3c(c(Nc4ccc(C)cc4C)cc(Oc4ccc(C)cc4)c31)C(=O)c1ccccc1-2. The summed E-state index contributed by atoms with van der Waals surface area (Å²) in [6, 6.07) is 23.0. The molecule has 4 aromatic carbocycles. The second kappa shape index (κ2) is 8.99. The van der Waals surface area contributed by atoms with E-state index in [0.29, 0.717) is 57.0 Å². The van der Waals surface area contributed by atoms with Gasteiger partial charge in [0.15, 0.2) is 11.5 Å². The van der Waals surface area contributed by atoms with Gasteiger partial charge in [-0.3, -0.25) is 9.36 Å². The number of carbonyl (C=O) groups is 1. The van der Waals surface area contributed by atoms with Gasteiger partial charge in [0.25, 0.3) is 0 Å². The minimum absolute atomic E-state index is 0.115. The normalized spacial score (nSPS) is 11.9. The Hall–Kier alpha value is -4.71. The summed E-state index contributed by atoms with van der Waals surface area (Å²) in [4.78, 5) is 31.8. The Morgan fingerprint density at radius 3 is 2.26 bits per heavy atom. The van der Waals surface area contributed by atoms with Crippen molar-refractivity contribution in [2.75, 3.05) is 5.32 Å². The van der Waals surface area contributed by atoms with Crippen molar-refractivity contribution in [2.24, 2.45) is 0 Å². The molecule has 0 radical (unpaired) electrons. The quantitative estimate of drug-likeness (QED) is 0.273. The van der Waals surface area contributed by atoms with Gasteiger partial charge in [-0.1, -0.05) is 59.7 Å². The van der Waals surface area contributed by atoms with E-state index in [0.717, 1.165) is 22.4 Å². The molecule has 38 heavy (non-hydrogen) atoms. The van der Waals surface area contributed by atoms with Crippen LogP contribution in [0.25, 0.3) is 22.2 Å². The van der Waals surface area contributed by atoms with Crippen LogP contribution in [0.4, 0.5) is 11.4 Å². The number of anilines is 2. The van der Waals surface area contributed by atoms with Crippen LogP contribution in [0.2, 0.25) is 0 Å². The average molecular weight is 502 g/mol. The van der Waals surface area contributed by atoms with Crippen molar-refractivity contribution >= 4 is 28.1 Å². The van der Waals surface area contributed by atoms with Crippen LogP contribution in [0.15, 0.2) is 77.6 Å². The highest BCUT2D eigenvalue weighted by Crippen LogP contribution is 2.45. The molecule has 0 amide bonds. The van der Waals surface area contributed by atoms with Gasteiger partial charge < -0.3 is 10.1 Å². The van der Waals surface area contributed by atoms with Gasteiger partial charge in [-0.2, -0.15) is 4.98 Å². The molecule has 0 spiro atoms. The molecule has 0 aliphatic heterocycles. The maximum absolute atomic E-state index is 14.0. The van der Waals surface area contributed by atoms with Gasteiger partial charge in [-0.15, -0.1) is 0 Å². The fraction of sp³-hybridized carbons (Fsp3) is 0.156. The maximum Gasteiger partial charge on any atom is 0.348 e. The standard InChI is InChI=1S/C32H27N3O3/c1-5-35-30-26(38-21-13-10-18(2)11-14-21)17-25(33-24-15-12-19(3)16-20(24)4)27-28(30)29(34-32(35)37)22-8-6-7-9-23(22)31(27)36/h6-17,33H,5H2,1-4H3. The lowest BCUT2D eigenvalue weighted by molar-refractivity contribution is 0.104. The number of fused-ring (bicyclic) bond motifs is 2. The molecular formula is C32H27N3O3. The van der Waals surface area contributed by atoms with Crippen LogP contribution in [0.1, 0.15) is 39.5 Å². The first kappa shape index (κ1) is 23.7. The largest absolute Gasteiger partial charge is 0.455 e. The number of hydrogen-bond donors (Lipinski definition) is 1. The number of ketones is 1. The Morgan fingerprint density at radius 1 is 0.842 bits per heavy atom. The van der Waals surface area contributed by atoms with E-state index < -0.39 is 0 Å². The summed E-state index contributed by atoms with van der Waals surface area (Å²) in [5.41, 5.74) is 7.16. The number of benzene rings is 4. The van der Waals surface area contributed by atoms with Crippen LogP contribution >= 0.6 is 0 Å². The van der Waals surface area contributed by atoms with Crippen LogP contribution in [-0.4, -0.2) is 15.3 Å². The van der Waals surface area contributed by atoms with E-state index in [4.69, 9.17) is 4.74 Å². The molecule has 1 N–H and O–H groups in total. The maximum atomic E-state index is 14.0. The number of nitrogens with zero attached hydrogens (tertiary/aromatic N) is 2. The van der Waals surface area contributed by atoms with Crippen molar-refractivity contribution in [3.05, 3.63) is 111 Å². The van der Waals surface area contributed by atoms with E-state index in [1.807, 2.05) is 88.4 Å². The zero-order chi connectivity index (χ0) is 26.6. The summed E-state index contributed by atoms with van der Waals surface area (Å²) in [7, 11) is 0. The molecule has 1 aliphatic rings. The first-order valence-electron chi connectivity index (χ1n) is 12.7. The van der Waals surface area contributed by atoms with E-state index in [9.17, 15) is 9.59 Å². The molecule has 6 rings (SSSR count). The van der Waals surface area contributed by atoms with Crippen LogP contribution in [-0.2, 0) is 6.54 Å². The fourth-order valence-corrected chi connectivity index (χ4v) is 5.21. The lowest BCUT2D eigenvalue weighted by Gasteiger charge is -2.25. The first-order valence-corrected chi connectivity index (χ1v) is 12.7. The van der Waals surface area contributed by atoms with Crippen LogP contribution < -0.4 is 15.7 Å². The molecular weight excluding hydrogens is 474 g/mol. The van der Waals surface area contributed by atoms with Crippen LogP contribution in [0.5, 0.6) is 11.5 Å². The minimum Gasteiger partial charge on any atom is -0.455 e. The third-order valence-corrected chi connectivity index (χ3v) is 7.08. The molecule has 1 aliphatic carbocycles. The fourth-order valence-electron chi connectivity index (χ4n) is 5.21. The van der Waals surface area contributed by atoms with Crippen LogP contribution in [0.3, 0.4) is 0 Å². The van der Waals surface area contributed by atoms with Gasteiger partial charge in [0.2, 0.25) is 0 Å². The molecule has 0 fully saturated rings. The highest BCUT2D eigenvalue weighted by Gasteiger charge is 2.32. The van der Waals surface area contributed by atoms with Crippen molar-refractivity contribution in [1.29, 1.82) is 0 Å². The Labute approximate surface area is 220 Å². The number of carbonyl (C=O) groups excluding carboxylic acids is 1. The van der Waals surface area contributed by atoms with Gasteiger partial charge >= 0.3 is 5.69 Å². The molecule has 188 valence electrons. The smallest absolute Gasteiger partial charge is 0.348 e. The summed E-state index contributed by atoms with van der Waals surface area (Å²) >= 11 is 0. The Bertz CT molecular complexity index is 1820. The predicted octanol–water partition coefficient (Wildman–Crippen LogP) is 7.09. The summed E-state index contributed by atoms with van der Waals surface area (Å²) in [6.07, 6.45) is 0. The molecule has 0 saturated heterocycles. The lowest BCUT2D eigenvalue weighted by Crippen LogP contribution is -2.26. The Kier molecular flexibility index (Phi) is 5.60. The number of ether oxygens (including phenoxy) is 1. The minimum atomic E-state index is -0.381. The van der Waals surface area contributed by atoms with Gasteiger partial charge in [0.05, 0.1) is 22.5 Å². The molecule has 5 aromatic rings. The lowest BCUT2D eigenvalue weighted by atomic mass is 9.85. The van der Waals surface area contributed by atoms with E-state index in [1.54, 1.807) is 10.6 Å². The number of nitrogens with one attached hydrogen (secondary N) is 1. The predicted molar refractivity (Wildman–Crippen MR) is 151 cm³/mol. The van der Waals surface area contributed by atoms with Crippen molar-refractivity contribution in [2.45, 2.75) is 34.2 Å². The van der Waals surface area contributed by atoms with Gasteiger partial charge in [-0.25, -0.2) is 4.79 Å². The van der Waals surface area contributed by atoms with E-state index in [2.05, 4.69) is 16.4 Å². The second-order valence-corrected chi connectivity index (χ2v) is 9.74. The number of aromatic nitrogens is 2. The summed E-state index contributed by atoms with van der Waals surface area (Å²) in [5, 5.41) is 4.12.